The summed E-state index contributed by atoms with van der Waals surface area (Å²) in [7, 11) is -3.79. The first-order valence-corrected chi connectivity index (χ1v) is 10.2. The highest BCUT2D eigenvalue weighted by atomic mass is 32.2. The number of fused-ring (bicyclic) bond motifs is 1. The first kappa shape index (κ1) is 17.5. The molecule has 27 heavy (non-hydrogen) atoms. The van der Waals surface area contributed by atoms with Gasteiger partial charge >= 0.3 is 0 Å². The Labute approximate surface area is 158 Å². The predicted octanol–water partition coefficient (Wildman–Crippen LogP) is 3.05. The smallest absolute Gasteiger partial charge is 0.268 e. The minimum absolute atomic E-state index is 0.0565. The van der Waals surface area contributed by atoms with Crippen LogP contribution in [0.1, 0.15) is 22.6 Å². The van der Waals surface area contributed by atoms with Crippen LogP contribution in [-0.2, 0) is 23.0 Å². The highest BCUT2D eigenvalue weighted by Gasteiger charge is 2.25. The van der Waals surface area contributed by atoms with Crippen LogP contribution in [0.5, 0.6) is 0 Å². The molecule has 0 saturated carbocycles. The molecule has 0 saturated heterocycles. The second kappa shape index (κ2) is 6.70. The molecule has 0 spiro atoms. The maximum absolute atomic E-state index is 12.6. The first-order chi connectivity index (χ1) is 12.9. The van der Waals surface area contributed by atoms with Crippen molar-refractivity contribution < 1.29 is 12.9 Å². The fraction of sp³-hybridized carbons (Fsp3) is 0.263. The fourth-order valence-electron chi connectivity index (χ4n) is 3.40. The summed E-state index contributed by atoms with van der Waals surface area (Å²) >= 11 is 0. The lowest BCUT2D eigenvalue weighted by molar-refractivity contribution is 0.390. The summed E-state index contributed by atoms with van der Waals surface area (Å²) in [5.74, 6) is 0.514. The van der Waals surface area contributed by atoms with E-state index in [4.69, 9.17) is 4.52 Å². The molecular weight excluding hydrogens is 364 g/mol. The van der Waals surface area contributed by atoms with Gasteiger partial charge in [0.1, 0.15) is 11.5 Å². The van der Waals surface area contributed by atoms with Gasteiger partial charge < -0.3 is 9.42 Å². The number of nitrogens with one attached hydrogen (secondary N) is 1. The van der Waals surface area contributed by atoms with E-state index in [1.54, 1.807) is 26.1 Å². The van der Waals surface area contributed by atoms with Crippen molar-refractivity contribution in [1.29, 1.82) is 0 Å². The van der Waals surface area contributed by atoms with Crippen LogP contribution in [0.25, 0.3) is 0 Å². The minimum atomic E-state index is -3.79. The molecule has 3 heterocycles. The molecule has 1 aliphatic rings. The van der Waals surface area contributed by atoms with Crippen molar-refractivity contribution in [3.05, 3.63) is 65.2 Å². The van der Waals surface area contributed by atoms with Crippen LogP contribution < -0.4 is 9.62 Å². The van der Waals surface area contributed by atoms with E-state index in [9.17, 15) is 8.42 Å². The second-order valence-electron chi connectivity index (χ2n) is 6.60. The van der Waals surface area contributed by atoms with Crippen molar-refractivity contribution in [2.45, 2.75) is 31.7 Å². The molecule has 1 aliphatic heterocycles. The lowest BCUT2D eigenvalue weighted by Crippen LogP contribution is -2.30. The number of rotatable bonds is 4. The van der Waals surface area contributed by atoms with E-state index in [0.29, 0.717) is 5.69 Å². The van der Waals surface area contributed by atoms with Gasteiger partial charge in [0.05, 0.1) is 11.9 Å². The number of hydrogen-bond acceptors (Lipinski definition) is 6. The van der Waals surface area contributed by atoms with Crippen molar-refractivity contribution in [3.8, 4) is 0 Å². The van der Waals surface area contributed by atoms with Crippen LogP contribution in [0.2, 0.25) is 0 Å². The summed E-state index contributed by atoms with van der Waals surface area (Å²) in [5.41, 5.74) is 3.98. The summed E-state index contributed by atoms with van der Waals surface area (Å²) in [5, 5.41) is 3.70. The minimum Gasteiger partial charge on any atom is -0.366 e. The Morgan fingerprint density at radius 3 is 2.56 bits per heavy atom. The highest BCUT2D eigenvalue weighted by molar-refractivity contribution is 7.92. The Morgan fingerprint density at radius 2 is 1.89 bits per heavy atom. The number of anilines is 2. The van der Waals surface area contributed by atoms with E-state index in [0.717, 1.165) is 25.2 Å². The Kier molecular flexibility index (Phi) is 4.35. The molecule has 8 heteroatoms. The van der Waals surface area contributed by atoms with E-state index >= 15 is 0 Å². The van der Waals surface area contributed by atoms with Crippen molar-refractivity contribution in [1.82, 2.24) is 10.1 Å². The first-order valence-electron chi connectivity index (χ1n) is 8.67. The van der Waals surface area contributed by atoms with Gasteiger partial charge in [-0.2, -0.15) is 0 Å². The van der Waals surface area contributed by atoms with E-state index in [1.165, 1.54) is 11.1 Å². The van der Waals surface area contributed by atoms with Gasteiger partial charge in [-0.1, -0.05) is 29.4 Å². The van der Waals surface area contributed by atoms with Gasteiger partial charge in [0, 0.05) is 13.1 Å². The van der Waals surface area contributed by atoms with Crippen molar-refractivity contribution in [2.24, 2.45) is 0 Å². The molecule has 0 bridgehead atoms. The zero-order valence-electron chi connectivity index (χ0n) is 15.1. The number of pyridine rings is 1. The lowest BCUT2D eigenvalue weighted by Gasteiger charge is -2.30. The maximum atomic E-state index is 12.6. The van der Waals surface area contributed by atoms with E-state index in [2.05, 4.69) is 38.0 Å². The molecule has 0 amide bonds. The number of nitrogens with zero attached hydrogens (tertiary/aromatic N) is 3. The zero-order valence-corrected chi connectivity index (χ0v) is 16.0. The third-order valence-corrected chi connectivity index (χ3v) is 6.32. The summed E-state index contributed by atoms with van der Waals surface area (Å²) in [6.07, 6.45) is 2.68. The van der Waals surface area contributed by atoms with Crippen LogP contribution in [0.15, 0.2) is 52.0 Å². The van der Waals surface area contributed by atoms with E-state index in [1.807, 2.05) is 12.1 Å². The van der Waals surface area contributed by atoms with Crippen LogP contribution in [0.4, 0.5) is 11.5 Å². The molecule has 0 atom stereocenters. The van der Waals surface area contributed by atoms with Gasteiger partial charge in [-0.3, -0.25) is 4.72 Å². The number of hydrogen-bond donors (Lipinski definition) is 1. The third-order valence-electron chi connectivity index (χ3n) is 4.72. The summed E-state index contributed by atoms with van der Waals surface area (Å²) < 4.78 is 32.6. The van der Waals surface area contributed by atoms with E-state index in [-0.39, 0.29) is 16.5 Å². The predicted molar refractivity (Wildman–Crippen MR) is 102 cm³/mol. The molecule has 0 aliphatic carbocycles. The monoisotopic (exact) mass is 384 g/mol. The van der Waals surface area contributed by atoms with E-state index < -0.39 is 10.0 Å². The normalized spacial score (nSPS) is 14.1. The van der Waals surface area contributed by atoms with Crippen LogP contribution >= 0.6 is 0 Å². The molecule has 1 aromatic carbocycles. The van der Waals surface area contributed by atoms with Crippen LogP contribution in [0, 0.1) is 13.8 Å². The summed E-state index contributed by atoms with van der Waals surface area (Å²) in [6.45, 7) is 4.89. The number of benzene rings is 1. The highest BCUT2D eigenvalue weighted by Crippen LogP contribution is 2.26. The average Bonchev–Trinajstić information content (AvgIpc) is 3.01. The summed E-state index contributed by atoms with van der Waals surface area (Å²) in [4.78, 5) is 6.58. The molecule has 0 unspecified atom stereocenters. The Hall–Kier alpha value is -2.87. The fourth-order valence-corrected chi connectivity index (χ4v) is 4.74. The van der Waals surface area contributed by atoms with Gasteiger partial charge in [-0.15, -0.1) is 0 Å². The lowest BCUT2D eigenvalue weighted by atomic mass is 10.00. The number of aromatic nitrogens is 2. The maximum Gasteiger partial charge on any atom is 0.268 e. The van der Waals surface area contributed by atoms with Gasteiger partial charge in [-0.05, 0) is 43.5 Å². The Morgan fingerprint density at radius 1 is 1.11 bits per heavy atom. The largest absolute Gasteiger partial charge is 0.366 e. The molecule has 140 valence electrons. The molecule has 1 N–H and O–H groups in total. The number of sulfonamides is 1. The third kappa shape index (κ3) is 3.40. The average molecular weight is 384 g/mol. The standard InChI is InChI=1S/C19H20N4O3S/c1-13-19(14(2)26-21-13)27(24,25)22-18-8-7-17(11-20-18)23-10-9-15-5-3-4-6-16(15)12-23/h3-8,11H,9-10,12H2,1-2H3,(H,20,22). The van der Waals surface area contributed by atoms with Gasteiger partial charge in [0.15, 0.2) is 10.7 Å². The van der Waals surface area contributed by atoms with Gasteiger partial charge in [-0.25, -0.2) is 13.4 Å². The van der Waals surface area contributed by atoms with Gasteiger partial charge in [0.2, 0.25) is 0 Å². The van der Waals surface area contributed by atoms with Crippen molar-refractivity contribution >= 4 is 21.5 Å². The Balaban J connectivity index is 1.52. The second-order valence-corrected chi connectivity index (χ2v) is 8.22. The van der Waals surface area contributed by atoms with Crippen molar-refractivity contribution in [3.63, 3.8) is 0 Å². The molecule has 7 nitrogen and oxygen atoms in total. The Bertz CT molecular complexity index is 1060. The topological polar surface area (TPSA) is 88.3 Å². The van der Waals surface area contributed by atoms with Crippen LogP contribution in [0.3, 0.4) is 0 Å². The quantitative estimate of drug-likeness (QED) is 0.744. The SMILES string of the molecule is Cc1noc(C)c1S(=O)(=O)Nc1ccc(N2CCc3ccccc3C2)cn1. The molecule has 0 radical (unpaired) electrons. The molecular formula is C19H20N4O3S. The number of aryl methyl sites for hydroxylation is 2. The van der Waals surface area contributed by atoms with Crippen LogP contribution in [-0.4, -0.2) is 25.1 Å². The summed E-state index contributed by atoms with van der Waals surface area (Å²) in [6, 6.07) is 12.0. The van der Waals surface area contributed by atoms with Gasteiger partial charge in [0.25, 0.3) is 10.0 Å². The molecule has 2 aromatic heterocycles. The van der Waals surface area contributed by atoms with Crippen molar-refractivity contribution in [2.75, 3.05) is 16.2 Å². The molecule has 0 fully saturated rings. The zero-order chi connectivity index (χ0) is 19.0. The molecule has 3 aromatic rings. The molecule has 4 rings (SSSR count).